The Morgan fingerprint density at radius 3 is 2.75 bits per heavy atom. The van der Waals surface area contributed by atoms with E-state index in [1.807, 2.05) is 31.2 Å². The van der Waals surface area contributed by atoms with Gasteiger partial charge in [-0.15, -0.1) is 0 Å². The van der Waals surface area contributed by atoms with Crippen LogP contribution in [-0.4, -0.2) is 35.4 Å². The molecule has 4 rings (SSSR count). The van der Waals surface area contributed by atoms with E-state index in [1.54, 1.807) is 43.1 Å². The number of fused-ring (bicyclic) bond motifs is 1. The molecule has 1 atom stereocenters. The van der Waals surface area contributed by atoms with Gasteiger partial charge in [0.2, 0.25) is 0 Å². The molecule has 0 aromatic heterocycles. The highest BCUT2D eigenvalue weighted by Crippen LogP contribution is 2.43. The van der Waals surface area contributed by atoms with Crippen molar-refractivity contribution < 1.29 is 9.53 Å². The van der Waals surface area contributed by atoms with E-state index in [0.29, 0.717) is 16.3 Å². The number of anilines is 1. The zero-order valence-electron chi connectivity index (χ0n) is 15.6. The molecule has 0 spiro atoms. The van der Waals surface area contributed by atoms with Gasteiger partial charge in [-0.2, -0.15) is 0 Å². The Morgan fingerprint density at radius 2 is 2.00 bits per heavy atom. The number of thioether (sulfide) groups is 1. The first kappa shape index (κ1) is 18.9. The fourth-order valence-corrected chi connectivity index (χ4v) is 4.70. The molecule has 0 saturated carbocycles. The molecule has 28 heavy (non-hydrogen) atoms. The Morgan fingerprint density at radius 1 is 1.25 bits per heavy atom. The minimum absolute atomic E-state index is 0.171. The Bertz CT molecular complexity index is 972. The first-order valence-electron chi connectivity index (χ1n) is 8.97. The van der Waals surface area contributed by atoms with Crippen molar-refractivity contribution in [3.63, 3.8) is 0 Å². The van der Waals surface area contributed by atoms with Crippen molar-refractivity contribution in [2.45, 2.75) is 13.0 Å². The number of carbonyl (C=O) groups is 1. The molecule has 1 N–H and O–H groups in total. The third-order valence-corrected chi connectivity index (χ3v) is 6.05. The van der Waals surface area contributed by atoms with Gasteiger partial charge in [-0.1, -0.05) is 41.6 Å². The SMILES string of the molecule is COc1ccccc1C1C(C(=O)Nc2ccc(Cl)cc2)=C(C)N=C2SCCN21. The van der Waals surface area contributed by atoms with Crippen LogP contribution in [0.5, 0.6) is 5.75 Å². The van der Waals surface area contributed by atoms with Crippen LogP contribution in [0.25, 0.3) is 0 Å². The summed E-state index contributed by atoms with van der Waals surface area (Å²) in [5.74, 6) is 1.54. The van der Waals surface area contributed by atoms with Crippen LogP contribution in [0.4, 0.5) is 5.69 Å². The van der Waals surface area contributed by atoms with Crippen molar-refractivity contribution >= 4 is 40.1 Å². The molecule has 1 saturated heterocycles. The maximum atomic E-state index is 13.3. The number of methoxy groups -OCH3 is 1. The summed E-state index contributed by atoms with van der Waals surface area (Å²) in [4.78, 5) is 20.2. The number of halogens is 1. The second-order valence-electron chi connectivity index (χ2n) is 6.54. The number of rotatable bonds is 4. The van der Waals surface area contributed by atoms with Gasteiger partial charge < -0.3 is 15.0 Å². The summed E-state index contributed by atoms with van der Waals surface area (Å²) in [5, 5.41) is 4.57. The molecule has 0 aliphatic carbocycles. The molecule has 2 aliphatic rings. The average Bonchev–Trinajstić information content (AvgIpc) is 3.16. The third-order valence-electron chi connectivity index (χ3n) is 4.83. The van der Waals surface area contributed by atoms with Gasteiger partial charge in [0, 0.05) is 28.6 Å². The number of para-hydroxylation sites is 1. The topological polar surface area (TPSA) is 53.9 Å². The number of amidine groups is 1. The van der Waals surface area contributed by atoms with E-state index >= 15 is 0 Å². The highest BCUT2D eigenvalue weighted by molar-refractivity contribution is 8.14. The van der Waals surface area contributed by atoms with Gasteiger partial charge in [-0.05, 0) is 37.3 Å². The number of benzene rings is 2. The van der Waals surface area contributed by atoms with Crippen molar-refractivity contribution in [3.8, 4) is 5.75 Å². The van der Waals surface area contributed by atoms with Crippen LogP contribution in [0.2, 0.25) is 5.02 Å². The monoisotopic (exact) mass is 413 g/mol. The Balaban J connectivity index is 1.76. The first-order chi connectivity index (χ1) is 13.6. The molecule has 1 amide bonds. The largest absolute Gasteiger partial charge is 0.496 e. The minimum atomic E-state index is -0.244. The van der Waals surface area contributed by atoms with Gasteiger partial charge in [0.1, 0.15) is 5.75 Å². The summed E-state index contributed by atoms with van der Waals surface area (Å²) in [6.45, 7) is 2.72. The summed E-state index contributed by atoms with van der Waals surface area (Å²) < 4.78 is 5.60. The normalized spacial score (nSPS) is 18.6. The molecule has 5 nitrogen and oxygen atoms in total. The number of hydrogen-bond acceptors (Lipinski definition) is 5. The highest BCUT2D eigenvalue weighted by atomic mass is 35.5. The molecule has 0 bridgehead atoms. The summed E-state index contributed by atoms with van der Waals surface area (Å²) in [6, 6.07) is 14.7. The zero-order valence-corrected chi connectivity index (χ0v) is 17.2. The maximum absolute atomic E-state index is 13.3. The fourth-order valence-electron chi connectivity index (χ4n) is 3.54. The summed E-state index contributed by atoms with van der Waals surface area (Å²) >= 11 is 7.67. The predicted molar refractivity (Wildman–Crippen MR) is 115 cm³/mol. The molecular weight excluding hydrogens is 394 g/mol. The smallest absolute Gasteiger partial charge is 0.255 e. The highest BCUT2D eigenvalue weighted by Gasteiger charge is 2.39. The summed E-state index contributed by atoms with van der Waals surface area (Å²) in [5.41, 5.74) is 3.01. The van der Waals surface area contributed by atoms with Crippen molar-refractivity contribution in [3.05, 3.63) is 70.4 Å². The number of allylic oxidation sites excluding steroid dienone is 1. The number of hydrogen-bond donors (Lipinski definition) is 1. The number of ether oxygens (including phenoxy) is 1. The lowest BCUT2D eigenvalue weighted by atomic mass is 9.93. The van der Waals surface area contributed by atoms with Gasteiger partial charge in [0.15, 0.2) is 5.17 Å². The number of nitrogens with zero attached hydrogens (tertiary/aromatic N) is 2. The van der Waals surface area contributed by atoms with E-state index < -0.39 is 0 Å². The number of amides is 1. The molecule has 0 radical (unpaired) electrons. The molecule has 144 valence electrons. The first-order valence-corrected chi connectivity index (χ1v) is 10.3. The second-order valence-corrected chi connectivity index (χ2v) is 8.04. The molecule has 1 fully saturated rings. The van der Waals surface area contributed by atoms with Gasteiger partial charge >= 0.3 is 0 Å². The molecule has 2 heterocycles. The van der Waals surface area contributed by atoms with Crippen LogP contribution in [0.15, 0.2) is 64.8 Å². The van der Waals surface area contributed by atoms with E-state index in [4.69, 9.17) is 21.3 Å². The maximum Gasteiger partial charge on any atom is 0.255 e. The number of nitrogens with one attached hydrogen (secondary N) is 1. The van der Waals surface area contributed by atoms with E-state index in [1.165, 1.54) is 0 Å². The van der Waals surface area contributed by atoms with E-state index in [2.05, 4.69) is 10.2 Å². The molecule has 2 aromatic rings. The van der Waals surface area contributed by atoms with Crippen LogP contribution >= 0.6 is 23.4 Å². The predicted octanol–water partition coefficient (Wildman–Crippen LogP) is 4.72. The van der Waals surface area contributed by atoms with Gasteiger partial charge in [0.05, 0.1) is 24.4 Å². The van der Waals surface area contributed by atoms with Crippen molar-refractivity contribution in [1.82, 2.24) is 4.90 Å². The molecule has 2 aliphatic heterocycles. The number of carbonyl (C=O) groups excluding carboxylic acids is 1. The third kappa shape index (κ3) is 3.50. The minimum Gasteiger partial charge on any atom is -0.496 e. The lowest BCUT2D eigenvalue weighted by Gasteiger charge is -2.35. The molecule has 7 heteroatoms. The average molecular weight is 414 g/mol. The molecular formula is C21H20ClN3O2S. The Kier molecular flexibility index (Phi) is 5.33. The zero-order chi connectivity index (χ0) is 19.7. The van der Waals surface area contributed by atoms with Crippen LogP contribution in [0.1, 0.15) is 18.5 Å². The summed E-state index contributed by atoms with van der Waals surface area (Å²) in [7, 11) is 1.65. The quantitative estimate of drug-likeness (QED) is 0.787. The second kappa shape index (κ2) is 7.89. The van der Waals surface area contributed by atoms with Crippen LogP contribution in [0, 0.1) is 0 Å². The Hall–Kier alpha value is -2.44. The van der Waals surface area contributed by atoms with E-state index in [-0.39, 0.29) is 11.9 Å². The van der Waals surface area contributed by atoms with Gasteiger partial charge in [-0.3, -0.25) is 4.79 Å². The Labute approximate surface area is 173 Å². The fraction of sp³-hybridized carbons (Fsp3) is 0.238. The van der Waals surface area contributed by atoms with Gasteiger partial charge in [0.25, 0.3) is 5.91 Å². The van der Waals surface area contributed by atoms with Crippen LogP contribution < -0.4 is 10.1 Å². The van der Waals surface area contributed by atoms with Gasteiger partial charge in [-0.25, -0.2) is 4.99 Å². The number of aliphatic imine (C=N–C) groups is 1. The van der Waals surface area contributed by atoms with E-state index in [0.717, 1.165) is 34.5 Å². The lowest BCUT2D eigenvalue weighted by Crippen LogP contribution is -2.38. The molecule has 2 aromatic carbocycles. The standard InChI is InChI=1S/C21H20ClN3O2S/c1-13-18(20(26)24-15-9-7-14(22)8-10-15)19(25-11-12-28-21(25)23-13)16-5-3-4-6-17(16)27-2/h3-10,19H,11-12H2,1-2H3,(H,24,26). The van der Waals surface area contributed by atoms with Crippen molar-refractivity contribution in [1.29, 1.82) is 0 Å². The lowest BCUT2D eigenvalue weighted by molar-refractivity contribution is -0.113. The summed E-state index contributed by atoms with van der Waals surface area (Å²) in [6.07, 6.45) is 0. The van der Waals surface area contributed by atoms with Crippen molar-refractivity contribution in [2.24, 2.45) is 4.99 Å². The molecule has 1 unspecified atom stereocenters. The van der Waals surface area contributed by atoms with E-state index in [9.17, 15) is 4.79 Å². The van der Waals surface area contributed by atoms with Crippen LogP contribution in [-0.2, 0) is 4.79 Å². The van der Waals surface area contributed by atoms with Crippen molar-refractivity contribution in [2.75, 3.05) is 24.7 Å². The van der Waals surface area contributed by atoms with Crippen LogP contribution in [0.3, 0.4) is 0 Å².